The molecule has 3 heterocycles. The van der Waals surface area contributed by atoms with Crippen LogP contribution >= 0.6 is 0 Å². The van der Waals surface area contributed by atoms with Crippen molar-refractivity contribution in [3.63, 3.8) is 0 Å². The quantitative estimate of drug-likeness (QED) is 0.123. The molecule has 0 saturated carbocycles. The Morgan fingerprint density at radius 3 is 2.08 bits per heavy atom. The van der Waals surface area contributed by atoms with E-state index in [4.69, 9.17) is 4.42 Å². The van der Waals surface area contributed by atoms with E-state index in [-0.39, 0.29) is 20.1 Å². The van der Waals surface area contributed by atoms with Crippen molar-refractivity contribution in [2.45, 2.75) is 56.8 Å². The Balaban J connectivity index is 0.000000224. The molecule has 1 radical (unpaired) electrons. The van der Waals surface area contributed by atoms with Crippen molar-refractivity contribution in [3.8, 4) is 33.6 Å². The smallest absolute Gasteiger partial charge is 0 e. The predicted octanol–water partition coefficient (Wildman–Crippen LogP) is 11.5. The van der Waals surface area contributed by atoms with Crippen molar-refractivity contribution >= 4 is 39.6 Å². The van der Waals surface area contributed by atoms with Gasteiger partial charge in [-0.05, 0) is 40.6 Å². The zero-order chi connectivity index (χ0) is 33.1. The first kappa shape index (κ1) is 35.5. The van der Waals surface area contributed by atoms with Crippen molar-refractivity contribution < 1.29 is 24.5 Å². The number of rotatable bonds is 6. The van der Waals surface area contributed by atoms with Crippen LogP contribution in [0.2, 0.25) is 17.3 Å². The first-order valence-corrected chi connectivity index (χ1v) is 23.8. The predicted molar refractivity (Wildman–Crippen MR) is 201 cm³/mol. The molecule has 0 fully saturated rings. The number of aromatic nitrogens is 2. The zero-order valence-electron chi connectivity index (χ0n) is 28.8. The van der Waals surface area contributed by atoms with Crippen molar-refractivity contribution in [1.82, 2.24) is 9.97 Å². The average molecular weight is 868 g/mol. The Morgan fingerprint density at radius 1 is 0.708 bits per heavy atom. The first-order chi connectivity index (χ1) is 22.6. The number of furan rings is 1. The van der Waals surface area contributed by atoms with Gasteiger partial charge in [-0.2, -0.15) is 0 Å². The monoisotopic (exact) mass is 869 g/mol. The number of hydrogen-bond donors (Lipinski definition) is 0. The van der Waals surface area contributed by atoms with Crippen LogP contribution in [0.3, 0.4) is 0 Å². The molecule has 0 bridgehead atoms. The van der Waals surface area contributed by atoms with Gasteiger partial charge >= 0.3 is 99.8 Å². The van der Waals surface area contributed by atoms with Gasteiger partial charge in [0.15, 0.2) is 0 Å². The summed E-state index contributed by atoms with van der Waals surface area (Å²) in [6.45, 7) is 8.82. The number of benzene rings is 4. The molecule has 0 aliphatic heterocycles. The summed E-state index contributed by atoms with van der Waals surface area (Å²) in [5.41, 5.74) is 10.5. The van der Waals surface area contributed by atoms with E-state index in [2.05, 4.69) is 140 Å². The van der Waals surface area contributed by atoms with Gasteiger partial charge in [-0.25, -0.2) is 0 Å². The minimum atomic E-state index is -1.72. The summed E-state index contributed by atoms with van der Waals surface area (Å²) in [5.74, 6) is 8.02. The van der Waals surface area contributed by atoms with E-state index in [1.54, 1.807) is 0 Å². The third-order valence-corrected chi connectivity index (χ3v) is 12.9. The molecule has 0 N–H and O–H groups in total. The van der Waals surface area contributed by atoms with E-state index in [1.165, 1.54) is 15.5 Å². The summed E-state index contributed by atoms with van der Waals surface area (Å²) in [6, 6.07) is 42.4. The SMILES string of the molecule is CC(C)c1ccnc(-c2[c-]cc(-c3ccccc3)c3c2oc2cc(C(C)C)ccc23)c1.[CH3][Ge]([CH3])([CH3])[c]1ccc(-c2[c-]cccc2)nc1.[Ir]. The van der Waals surface area contributed by atoms with E-state index < -0.39 is 13.3 Å². The molecule has 0 atom stereocenters. The number of fused-ring (bicyclic) bond motifs is 3. The van der Waals surface area contributed by atoms with Crippen molar-refractivity contribution in [3.05, 3.63) is 139 Å². The largest absolute Gasteiger partial charge is 0 e. The molecular weight excluding hydrogens is 825 g/mol. The first-order valence-electron chi connectivity index (χ1n) is 16.5. The molecule has 3 nitrogen and oxygen atoms in total. The summed E-state index contributed by atoms with van der Waals surface area (Å²) in [5, 5.41) is 2.26. The second-order valence-electron chi connectivity index (χ2n) is 13.7. The van der Waals surface area contributed by atoms with Gasteiger partial charge in [0.2, 0.25) is 0 Å². The molecule has 0 spiro atoms. The summed E-state index contributed by atoms with van der Waals surface area (Å²) < 4.78 is 7.96. The van der Waals surface area contributed by atoms with E-state index in [9.17, 15) is 0 Å². The molecule has 7 aromatic rings. The Hall–Kier alpha value is -3.83. The van der Waals surface area contributed by atoms with Crippen molar-refractivity contribution in [2.75, 3.05) is 0 Å². The van der Waals surface area contributed by atoms with Crippen molar-refractivity contribution in [1.29, 1.82) is 0 Å². The summed E-state index contributed by atoms with van der Waals surface area (Å²) in [4.78, 5) is 9.20. The number of nitrogens with zero attached hydrogens (tertiary/aromatic N) is 2. The Kier molecular flexibility index (Phi) is 11.2. The molecule has 0 amide bonds. The molecule has 4 aromatic carbocycles. The van der Waals surface area contributed by atoms with Crippen LogP contribution in [0, 0.1) is 12.1 Å². The maximum absolute atomic E-state index is 6.52. The number of pyridine rings is 2. The van der Waals surface area contributed by atoms with Gasteiger partial charge in [-0.15, -0.1) is 12.1 Å². The fourth-order valence-corrected chi connectivity index (χ4v) is 7.90. The Morgan fingerprint density at radius 2 is 1.44 bits per heavy atom. The van der Waals surface area contributed by atoms with E-state index in [0.29, 0.717) is 11.8 Å². The van der Waals surface area contributed by atoms with Crippen LogP contribution in [0.15, 0.2) is 120 Å². The molecule has 0 saturated heterocycles. The minimum absolute atomic E-state index is 0. The van der Waals surface area contributed by atoms with E-state index >= 15 is 0 Å². The van der Waals surface area contributed by atoms with Gasteiger partial charge in [0.05, 0.1) is 5.58 Å². The third-order valence-electron chi connectivity index (χ3n) is 8.64. The maximum Gasteiger partial charge on any atom is 0 e. The molecule has 5 heteroatoms. The van der Waals surface area contributed by atoms with Crippen molar-refractivity contribution in [2.24, 2.45) is 0 Å². The fourth-order valence-electron chi connectivity index (χ4n) is 5.73. The van der Waals surface area contributed by atoms with Gasteiger partial charge < -0.3 is 9.40 Å². The number of hydrogen-bond acceptors (Lipinski definition) is 3. The Bertz CT molecular complexity index is 2110. The molecule has 0 aliphatic carbocycles. The topological polar surface area (TPSA) is 38.9 Å². The van der Waals surface area contributed by atoms with Crippen LogP contribution in [0.5, 0.6) is 0 Å². The molecule has 48 heavy (non-hydrogen) atoms. The molecule has 0 unspecified atom stereocenters. The normalized spacial score (nSPS) is 11.4. The van der Waals surface area contributed by atoms with E-state index in [1.807, 2.05) is 42.7 Å². The standard InChI is InChI=1S/C29H26NO.C14H16GeN.Ir/c1-18(2)21-10-11-25-27(17-21)31-29-24(26-16-22(19(3)4)14-15-30-26)13-12-23(28(25)29)20-8-6-5-7-9-20;1-15(2,3)13-9-10-14(16-11-13)12-7-5-4-6-8-12;/h5-12,14-19H,1-4H3;4-7,9-11H,1-3H3;/q2*-1;. The van der Waals surface area contributed by atoms with Crippen LogP contribution in [0.25, 0.3) is 55.6 Å². The van der Waals surface area contributed by atoms with Gasteiger partial charge in [0.25, 0.3) is 0 Å². The minimum Gasteiger partial charge on any atom is 0 e. The van der Waals surface area contributed by atoms with Crippen LogP contribution in [-0.2, 0) is 20.1 Å². The zero-order valence-corrected chi connectivity index (χ0v) is 33.3. The fraction of sp³-hybridized carbons (Fsp3) is 0.209. The van der Waals surface area contributed by atoms with Crippen LogP contribution in [0.4, 0.5) is 0 Å². The molecule has 0 aliphatic rings. The summed E-state index contributed by atoms with van der Waals surface area (Å²) in [7, 11) is 0. The molecular formula is C43H42GeIrN2O-2. The molecule has 3 aromatic heterocycles. The third kappa shape index (κ3) is 7.73. The van der Waals surface area contributed by atoms with Gasteiger partial charge in [0, 0.05) is 31.7 Å². The molecule has 7 rings (SSSR count). The van der Waals surface area contributed by atoms with Crippen LogP contribution in [-0.4, -0.2) is 23.2 Å². The molecule has 245 valence electrons. The van der Waals surface area contributed by atoms with Gasteiger partial charge in [-0.3, -0.25) is 0 Å². The van der Waals surface area contributed by atoms with Gasteiger partial charge in [0.1, 0.15) is 5.58 Å². The van der Waals surface area contributed by atoms with Crippen LogP contribution in [0.1, 0.15) is 50.7 Å². The van der Waals surface area contributed by atoms with Gasteiger partial charge in [-0.1, -0.05) is 98.5 Å². The Labute approximate surface area is 301 Å². The van der Waals surface area contributed by atoms with E-state index in [0.717, 1.165) is 55.6 Å². The summed E-state index contributed by atoms with van der Waals surface area (Å²) >= 11 is -1.72. The maximum atomic E-state index is 6.52. The second-order valence-corrected chi connectivity index (χ2v) is 24.4. The van der Waals surface area contributed by atoms with Crippen LogP contribution < -0.4 is 4.40 Å². The summed E-state index contributed by atoms with van der Waals surface area (Å²) in [6.07, 6.45) is 3.92. The average Bonchev–Trinajstić information content (AvgIpc) is 3.48. The second kappa shape index (κ2) is 15.2.